The summed E-state index contributed by atoms with van der Waals surface area (Å²) in [5.41, 5.74) is 3.04. The second kappa shape index (κ2) is 5.27. The highest BCUT2D eigenvalue weighted by Crippen LogP contribution is 2.45. The molecule has 2 N–H and O–H groups in total. The quantitative estimate of drug-likeness (QED) is 0.684. The molecule has 0 saturated carbocycles. The molecule has 1 fully saturated rings. The average molecular weight is 289 g/mol. The molecule has 8 nitrogen and oxygen atoms in total. The minimum absolute atomic E-state index is 0.369. The molecule has 0 bridgehead atoms. The molecule has 106 valence electrons. The van der Waals surface area contributed by atoms with Crippen LogP contribution in [0.1, 0.15) is 6.92 Å². The maximum absolute atomic E-state index is 11.7. The number of thioether (sulfide) groups is 1. The van der Waals surface area contributed by atoms with Crippen LogP contribution >= 0.6 is 11.8 Å². The minimum Gasteiger partial charge on any atom is -0.465 e. The molecule has 2 aliphatic rings. The first-order valence-corrected chi connectivity index (χ1v) is 6.37. The van der Waals surface area contributed by atoms with Crippen molar-refractivity contribution in [1.82, 2.24) is 15.8 Å². The predicted octanol–water partition coefficient (Wildman–Crippen LogP) is -0.0582. The Kier molecular flexibility index (Phi) is 3.88. The highest BCUT2D eigenvalue weighted by Gasteiger charge is 2.51. The van der Waals surface area contributed by atoms with Crippen LogP contribution in [0.5, 0.6) is 0 Å². The number of amides is 1. The van der Waals surface area contributed by atoms with E-state index in [1.807, 2.05) is 0 Å². The molecule has 1 atom stereocenters. The van der Waals surface area contributed by atoms with Gasteiger partial charge in [0.2, 0.25) is 0 Å². The summed E-state index contributed by atoms with van der Waals surface area (Å²) >= 11 is 1.15. The fraction of sp³-hybridized carbons (Fsp3) is 0.600. The summed E-state index contributed by atoms with van der Waals surface area (Å²) in [6.07, 6.45) is -0.650. The van der Waals surface area contributed by atoms with Gasteiger partial charge in [-0.2, -0.15) is 0 Å². The third kappa shape index (κ3) is 2.36. The Labute approximate surface area is 114 Å². The Hall–Kier alpha value is -1.45. The summed E-state index contributed by atoms with van der Waals surface area (Å²) in [7, 11) is 2.56. The number of carbonyl (C=O) groups excluding carboxylic acids is 2. The number of nitrogens with one attached hydrogen (secondary N) is 2. The Balaban J connectivity index is 2.29. The molecule has 1 saturated heterocycles. The molecule has 1 spiro atoms. The van der Waals surface area contributed by atoms with E-state index in [1.54, 1.807) is 6.92 Å². The molecule has 0 radical (unpaired) electrons. The van der Waals surface area contributed by atoms with Gasteiger partial charge in [-0.3, -0.25) is 5.32 Å². The first kappa shape index (κ1) is 14.0. The molecule has 1 unspecified atom stereocenters. The van der Waals surface area contributed by atoms with Crippen molar-refractivity contribution in [3.63, 3.8) is 0 Å². The van der Waals surface area contributed by atoms with Crippen LogP contribution in [0.25, 0.3) is 0 Å². The van der Waals surface area contributed by atoms with Crippen molar-refractivity contribution in [2.24, 2.45) is 0 Å². The van der Waals surface area contributed by atoms with Crippen molar-refractivity contribution in [1.29, 1.82) is 0 Å². The lowest BCUT2D eigenvalue weighted by atomic mass is 10.4. The summed E-state index contributed by atoms with van der Waals surface area (Å²) in [5, 5.41) is 3.51. The summed E-state index contributed by atoms with van der Waals surface area (Å²) in [4.78, 5) is 23.5. The number of carbonyl (C=O) groups is 2. The first-order chi connectivity index (χ1) is 9.04. The molecular formula is C10H15N3O5S. The van der Waals surface area contributed by atoms with Crippen LogP contribution in [0, 0.1) is 0 Å². The summed E-state index contributed by atoms with van der Waals surface area (Å²) in [5.74, 6) is -0.478. The largest absolute Gasteiger partial charge is 0.465 e. The van der Waals surface area contributed by atoms with Gasteiger partial charge < -0.3 is 14.2 Å². The highest BCUT2D eigenvalue weighted by molar-refractivity contribution is 8.05. The number of nitrogens with zero attached hydrogens (tertiary/aromatic N) is 1. The van der Waals surface area contributed by atoms with Gasteiger partial charge in [0.05, 0.1) is 26.5 Å². The van der Waals surface area contributed by atoms with Crippen molar-refractivity contribution in [2.75, 3.05) is 27.4 Å². The van der Waals surface area contributed by atoms with Gasteiger partial charge in [0.15, 0.2) is 0 Å². The third-order valence-electron chi connectivity index (χ3n) is 2.71. The third-order valence-corrected chi connectivity index (χ3v) is 4.09. The smallest absolute Gasteiger partial charge is 0.425 e. The molecule has 0 aromatic heterocycles. The van der Waals surface area contributed by atoms with E-state index in [1.165, 1.54) is 19.2 Å². The van der Waals surface area contributed by atoms with E-state index in [2.05, 4.69) is 15.5 Å². The normalized spacial score (nSPS) is 25.9. The molecule has 1 amide bonds. The van der Waals surface area contributed by atoms with Crippen LogP contribution < -0.4 is 10.7 Å². The number of allylic oxidation sites excluding steroid dienone is 1. The average Bonchev–Trinajstić information content (AvgIpc) is 2.98. The molecule has 0 aliphatic carbocycles. The number of esters is 1. The van der Waals surface area contributed by atoms with E-state index in [0.29, 0.717) is 23.8 Å². The number of methoxy groups -OCH3 is 2. The van der Waals surface area contributed by atoms with Crippen LogP contribution in [0.3, 0.4) is 0 Å². The number of hydrogen-bond acceptors (Lipinski definition) is 8. The SMILES string of the molecule is COC(=O)NN1C(C)=C(C(=O)OC)SC12NCCO2. The zero-order chi connectivity index (χ0) is 14.0. The van der Waals surface area contributed by atoms with E-state index >= 15 is 0 Å². The van der Waals surface area contributed by atoms with Crippen molar-refractivity contribution >= 4 is 23.8 Å². The summed E-state index contributed by atoms with van der Waals surface area (Å²) < 4.78 is 14.9. The molecule has 2 aliphatic heterocycles. The number of rotatable bonds is 2. The number of hydrazine groups is 1. The fourth-order valence-electron chi connectivity index (χ4n) is 1.82. The van der Waals surface area contributed by atoms with Gasteiger partial charge in [0, 0.05) is 6.54 Å². The summed E-state index contributed by atoms with van der Waals surface area (Å²) in [6, 6.07) is 0. The van der Waals surface area contributed by atoms with Gasteiger partial charge in [-0.05, 0) is 18.7 Å². The first-order valence-electron chi connectivity index (χ1n) is 5.56. The molecule has 0 aromatic rings. The van der Waals surface area contributed by atoms with Crippen LogP contribution in [0.2, 0.25) is 0 Å². The maximum Gasteiger partial charge on any atom is 0.425 e. The molecular weight excluding hydrogens is 274 g/mol. The van der Waals surface area contributed by atoms with Gasteiger partial charge in [0.25, 0.3) is 5.18 Å². The second-order valence-corrected chi connectivity index (χ2v) is 4.97. The maximum atomic E-state index is 11.7. The van der Waals surface area contributed by atoms with Crippen LogP contribution in [-0.4, -0.2) is 49.6 Å². The fourth-order valence-corrected chi connectivity index (χ4v) is 3.09. The van der Waals surface area contributed by atoms with Crippen LogP contribution in [0.15, 0.2) is 10.6 Å². The van der Waals surface area contributed by atoms with Gasteiger partial charge >= 0.3 is 12.1 Å². The molecule has 2 rings (SSSR count). The zero-order valence-electron chi connectivity index (χ0n) is 10.8. The second-order valence-electron chi connectivity index (χ2n) is 3.80. The van der Waals surface area contributed by atoms with Crippen LogP contribution in [0.4, 0.5) is 4.79 Å². The Bertz CT molecular complexity index is 433. The lowest BCUT2D eigenvalue weighted by molar-refractivity contribution is -0.135. The van der Waals surface area contributed by atoms with E-state index in [-0.39, 0.29) is 0 Å². The highest BCUT2D eigenvalue weighted by atomic mass is 32.2. The Morgan fingerprint density at radius 1 is 1.47 bits per heavy atom. The Morgan fingerprint density at radius 3 is 2.74 bits per heavy atom. The van der Waals surface area contributed by atoms with Gasteiger partial charge in [-0.15, -0.1) is 0 Å². The van der Waals surface area contributed by atoms with E-state index < -0.39 is 17.2 Å². The van der Waals surface area contributed by atoms with E-state index in [4.69, 9.17) is 9.47 Å². The van der Waals surface area contributed by atoms with Crippen LogP contribution in [-0.2, 0) is 19.0 Å². The lowest BCUT2D eigenvalue weighted by Crippen LogP contribution is -2.57. The number of ether oxygens (including phenoxy) is 3. The van der Waals surface area contributed by atoms with Crippen molar-refractivity contribution in [3.05, 3.63) is 10.6 Å². The molecule has 0 aromatic carbocycles. The van der Waals surface area contributed by atoms with E-state index in [9.17, 15) is 9.59 Å². The standard InChI is InChI=1S/C10H15N3O5S/c1-6-7(8(14)16-2)19-10(11-4-5-18-10)13(6)12-9(15)17-3/h11H,4-5H2,1-3H3,(H,12,15). The molecule has 19 heavy (non-hydrogen) atoms. The number of hydrogen-bond donors (Lipinski definition) is 2. The monoisotopic (exact) mass is 289 g/mol. The minimum atomic E-state index is -1.03. The van der Waals surface area contributed by atoms with Crippen molar-refractivity contribution in [3.8, 4) is 0 Å². The topological polar surface area (TPSA) is 89.1 Å². The lowest BCUT2D eigenvalue weighted by Gasteiger charge is -2.34. The molecule has 2 heterocycles. The summed E-state index contributed by atoms with van der Waals surface area (Å²) in [6.45, 7) is 2.76. The predicted molar refractivity (Wildman–Crippen MR) is 66.4 cm³/mol. The molecule has 9 heteroatoms. The van der Waals surface area contributed by atoms with Gasteiger partial charge in [0.1, 0.15) is 4.91 Å². The van der Waals surface area contributed by atoms with Crippen molar-refractivity contribution in [2.45, 2.75) is 12.1 Å². The van der Waals surface area contributed by atoms with Crippen molar-refractivity contribution < 1.29 is 23.8 Å². The van der Waals surface area contributed by atoms with E-state index in [0.717, 1.165) is 11.8 Å². The zero-order valence-corrected chi connectivity index (χ0v) is 11.6. The van der Waals surface area contributed by atoms with Gasteiger partial charge in [-0.25, -0.2) is 20.0 Å². The van der Waals surface area contributed by atoms with Gasteiger partial charge in [-0.1, -0.05) is 0 Å². The Morgan fingerprint density at radius 2 is 2.21 bits per heavy atom.